The smallest absolute Gasteiger partial charge is 0.407 e. The number of hydrogen-bond acceptors (Lipinski definition) is 6. The molecule has 8 nitrogen and oxygen atoms in total. The van der Waals surface area contributed by atoms with Crippen LogP contribution in [0.15, 0.2) is 28.5 Å². The van der Waals surface area contributed by atoms with Gasteiger partial charge in [0.15, 0.2) is 0 Å². The highest BCUT2D eigenvalue weighted by Gasteiger charge is 2.21. The molecule has 0 aliphatic rings. The van der Waals surface area contributed by atoms with Crippen molar-refractivity contribution in [3.63, 3.8) is 0 Å². The summed E-state index contributed by atoms with van der Waals surface area (Å²) in [5, 5.41) is 26.3. The first-order valence-electron chi connectivity index (χ1n) is 4.40. The fourth-order valence-electron chi connectivity index (χ4n) is 1.28. The van der Waals surface area contributed by atoms with Gasteiger partial charge in [0.1, 0.15) is 11.0 Å². The highest BCUT2D eigenvalue weighted by atomic mass is 16.6. The van der Waals surface area contributed by atoms with E-state index in [1.54, 1.807) is 12.1 Å². The lowest BCUT2D eigenvalue weighted by Crippen LogP contribution is -2.09. The molecule has 86 valence electrons. The standard InChI is InChI=1S/C9H5N3O5/c13-9(14)7(12(15)16)4-5-2-1-3-6-8(5)11-17-10-6/h1-4H,(H,13,14). The van der Waals surface area contributed by atoms with Crippen LogP contribution >= 0.6 is 0 Å². The predicted octanol–water partition coefficient (Wildman–Crippen LogP) is 0.925. The highest BCUT2D eigenvalue weighted by molar-refractivity contribution is 5.93. The van der Waals surface area contributed by atoms with Gasteiger partial charge < -0.3 is 5.11 Å². The minimum atomic E-state index is -1.62. The molecule has 0 saturated carbocycles. The van der Waals surface area contributed by atoms with E-state index < -0.39 is 16.6 Å². The molecule has 1 N–H and O–H groups in total. The molecule has 2 rings (SSSR count). The SMILES string of the molecule is O=C(O)C(=Cc1cccc2nonc12)[N+](=O)[O-]. The second-order valence-electron chi connectivity index (χ2n) is 3.07. The molecule has 0 aliphatic carbocycles. The Morgan fingerprint density at radius 2 is 2.24 bits per heavy atom. The van der Waals surface area contributed by atoms with Crippen molar-refractivity contribution in [2.75, 3.05) is 0 Å². The number of carbonyl (C=O) groups is 1. The van der Waals surface area contributed by atoms with Crippen LogP contribution < -0.4 is 0 Å². The Labute approximate surface area is 93.3 Å². The van der Waals surface area contributed by atoms with Crippen LogP contribution in [0.2, 0.25) is 0 Å². The molecule has 1 heterocycles. The number of rotatable bonds is 3. The summed E-state index contributed by atoms with van der Waals surface area (Å²) in [4.78, 5) is 20.2. The van der Waals surface area contributed by atoms with Crippen LogP contribution in [0.3, 0.4) is 0 Å². The van der Waals surface area contributed by atoms with Crippen LogP contribution in [-0.4, -0.2) is 26.3 Å². The number of carboxylic acids is 1. The van der Waals surface area contributed by atoms with E-state index in [9.17, 15) is 14.9 Å². The zero-order valence-electron chi connectivity index (χ0n) is 8.23. The molecule has 0 atom stereocenters. The number of hydrogen-bond donors (Lipinski definition) is 1. The molecule has 17 heavy (non-hydrogen) atoms. The van der Waals surface area contributed by atoms with Gasteiger partial charge in [0, 0.05) is 11.6 Å². The molecule has 0 unspecified atom stereocenters. The van der Waals surface area contributed by atoms with Gasteiger partial charge in [0.05, 0.1) is 4.92 Å². The zero-order valence-corrected chi connectivity index (χ0v) is 8.23. The van der Waals surface area contributed by atoms with E-state index in [-0.39, 0.29) is 11.1 Å². The maximum Gasteiger partial charge on any atom is 0.407 e. The van der Waals surface area contributed by atoms with Gasteiger partial charge in [-0.25, -0.2) is 9.42 Å². The molecule has 1 aromatic carbocycles. The second-order valence-corrected chi connectivity index (χ2v) is 3.07. The van der Waals surface area contributed by atoms with E-state index in [1.807, 2.05) is 0 Å². The average Bonchev–Trinajstić information content (AvgIpc) is 2.73. The predicted molar refractivity (Wildman–Crippen MR) is 54.4 cm³/mol. The van der Waals surface area contributed by atoms with Gasteiger partial charge in [0.2, 0.25) is 0 Å². The Morgan fingerprint density at radius 1 is 1.47 bits per heavy atom. The molecule has 0 aliphatic heterocycles. The van der Waals surface area contributed by atoms with E-state index in [4.69, 9.17) is 5.11 Å². The van der Waals surface area contributed by atoms with Crippen molar-refractivity contribution in [3.05, 3.63) is 39.6 Å². The third-order valence-corrected chi connectivity index (χ3v) is 2.03. The van der Waals surface area contributed by atoms with Crippen molar-refractivity contribution in [1.29, 1.82) is 0 Å². The maximum atomic E-state index is 10.7. The quantitative estimate of drug-likeness (QED) is 0.477. The summed E-state index contributed by atoms with van der Waals surface area (Å²) in [6.07, 6.45) is 0.912. The number of fused-ring (bicyclic) bond motifs is 1. The number of aromatic nitrogens is 2. The van der Waals surface area contributed by atoms with Crippen LogP contribution in [0.1, 0.15) is 5.56 Å². The van der Waals surface area contributed by atoms with Crippen LogP contribution in [-0.2, 0) is 4.79 Å². The molecule has 8 heteroatoms. The monoisotopic (exact) mass is 235 g/mol. The Hall–Kier alpha value is -2.77. The van der Waals surface area contributed by atoms with E-state index in [2.05, 4.69) is 14.9 Å². The first-order valence-corrected chi connectivity index (χ1v) is 4.40. The summed E-state index contributed by atoms with van der Waals surface area (Å²) in [5.41, 5.74) is -0.0155. The van der Waals surface area contributed by atoms with Crippen molar-refractivity contribution in [3.8, 4) is 0 Å². The summed E-state index contributed by atoms with van der Waals surface area (Å²) >= 11 is 0. The third kappa shape index (κ3) is 1.95. The minimum absolute atomic E-state index is 0.262. The fourth-order valence-corrected chi connectivity index (χ4v) is 1.28. The summed E-state index contributed by atoms with van der Waals surface area (Å²) in [6.45, 7) is 0. The average molecular weight is 235 g/mol. The van der Waals surface area contributed by atoms with E-state index in [1.165, 1.54) is 6.07 Å². The van der Waals surface area contributed by atoms with Crippen molar-refractivity contribution in [1.82, 2.24) is 10.3 Å². The maximum absolute atomic E-state index is 10.7. The number of nitro groups is 1. The van der Waals surface area contributed by atoms with E-state index in [0.29, 0.717) is 5.52 Å². The largest absolute Gasteiger partial charge is 0.473 e. The Bertz CT molecular complexity index is 614. The molecule has 0 saturated heterocycles. The molecule has 0 fully saturated rings. The Balaban J connectivity index is 2.60. The van der Waals surface area contributed by atoms with Crippen LogP contribution in [0.4, 0.5) is 0 Å². The lowest BCUT2D eigenvalue weighted by molar-refractivity contribution is -0.419. The normalized spacial score (nSPS) is 11.6. The summed E-state index contributed by atoms with van der Waals surface area (Å²) in [6, 6.07) is 4.65. The van der Waals surface area contributed by atoms with Crippen LogP contribution in [0, 0.1) is 10.1 Å². The number of carboxylic acid groups (broad SMARTS) is 1. The van der Waals surface area contributed by atoms with Crippen molar-refractivity contribution in [2.24, 2.45) is 0 Å². The number of benzene rings is 1. The number of nitrogens with zero attached hydrogens (tertiary/aromatic N) is 3. The molecule has 1 aromatic heterocycles. The van der Waals surface area contributed by atoms with Gasteiger partial charge in [-0.05, 0) is 16.4 Å². The molecule has 0 bridgehead atoms. The van der Waals surface area contributed by atoms with Gasteiger partial charge in [0.25, 0.3) is 0 Å². The van der Waals surface area contributed by atoms with Crippen LogP contribution in [0.25, 0.3) is 17.1 Å². The summed E-state index contributed by atoms with van der Waals surface area (Å²) in [5.74, 6) is -1.62. The molecular weight excluding hydrogens is 230 g/mol. The topological polar surface area (TPSA) is 119 Å². The lowest BCUT2D eigenvalue weighted by atomic mass is 10.1. The van der Waals surface area contributed by atoms with Crippen LogP contribution in [0.5, 0.6) is 0 Å². The van der Waals surface area contributed by atoms with Gasteiger partial charge >= 0.3 is 11.7 Å². The van der Waals surface area contributed by atoms with Gasteiger partial charge in [-0.1, -0.05) is 12.1 Å². The first kappa shape index (κ1) is 10.7. The molecule has 0 radical (unpaired) electrons. The van der Waals surface area contributed by atoms with Crippen molar-refractivity contribution >= 4 is 23.1 Å². The zero-order chi connectivity index (χ0) is 12.4. The summed E-state index contributed by atoms with van der Waals surface area (Å²) < 4.78 is 4.46. The van der Waals surface area contributed by atoms with Crippen molar-refractivity contribution in [2.45, 2.75) is 0 Å². The minimum Gasteiger partial charge on any atom is -0.473 e. The van der Waals surface area contributed by atoms with Gasteiger partial charge in [-0.2, -0.15) is 0 Å². The second kappa shape index (κ2) is 4.00. The fraction of sp³-hybridized carbons (Fsp3) is 0. The van der Waals surface area contributed by atoms with Gasteiger partial charge in [-0.15, -0.1) is 0 Å². The third-order valence-electron chi connectivity index (χ3n) is 2.03. The number of aliphatic carboxylic acids is 1. The van der Waals surface area contributed by atoms with Gasteiger partial charge in [-0.3, -0.25) is 10.1 Å². The summed E-state index contributed by atoms with van der Waals surface area (Å²) in [7, 11) is 0. The first-order chi connectivity index (χ1) is 8.09. The van der Waals surface area contributed by atoms with E-state index >= 15 is 0 Å². The Morgan fingerprint density at radius 3 is 2.88 bits per heavy atom. The molecule has 2 aromatic rings. The van der Waals surface area contributed by atoms with E-state index in [0.717, 1.165) is 6.08 Å². The highest BCUT2D eigenvalue weighted by Crippen LogP contribution is 2.17. The lowest BCUT2D eigenvalue weighted by Gasteiger charge is -1.94. The molecule has 0 spiro atoms. The molecular formula is C9H5N3O5. The molecule has 0 amide bonds. The Kier molecular flexibility index (Phi) is 2.53. The van der Waals surface area contributed by atoms with Crippen molar-refractivity contribution < 1.29 is 19.5 Å².